The van der Waals surface area contributed by atoms with Gasteiger partial charge in [-0.2, -0.15) is 4.31 Å². The summed E-state index contributed by atoms with van der Waals surface area (Å²) in [6.07, 6.45) is 0.648. The number of fused-ring (bicyclic) bond motifs is 3. The predicted octanol–water partition coefficient (Wildman–Crippen LogP) is 4.36. The molecule has 3 aromatic carbocycles. The number of rotatable bonds is 4. The van der Waals surface area contributed by atoms with Gasteiger partial charge in [0.2, 0.25) is 10.0 Å². The molecule has 5 nitrogen and oxygen atoms in total. The van der Waals surface area contributed by atoms with E-state index in [4.69, 9.17) is 0 Å². The number of likely N-dealkylation sites (N-methyl/N-ethyl adjacent to an activating group) is 1. The predicted molar refractivity (Wildman–Crippen MR) is 127 cm³/mol. The number of anilines is 1. The minimum atomic E-state index is -3.74. The van der Waals surface area contributed by atoms with Crippen molar-refractivity contribution in [3.8, 4) is 11.1 Å². The molecule has 7 heteroatoms. The first kappa shape index (κ1) is 22.1. The molecule has 0 amide bonds. The minimum absolute atomic E-state index is 0.0649. The van der Waals surface area contributed by atoms with Crippen LogP contribution in [0.3, 0.4) is 0 Å². The molecule has 3 aromatic rings. The fraction of sp³-hybridized carbons (Fsp3) is 0.308. The van der Waals surface area contributed by atoms with Gasteiger partial charge in [0.25, 0.3) is 0 Å². The van der Waals surface area contributed by atoms with Gasteiger partial charge < -0.3 is 10.0 Å². The largest absolute Gasteiger partial charge is 0.394 e. The lowest BCUT2D eigenvalue weighted by Gasteiger charge is -2.44. The number of aliphatic hydroxyl groups is 1. The van der Waals surface area contributed by atoms with Gasteiger partial charge in [0.05, 0.1) is 23.6 Å². The first-order valence-electron chi connectivity index (χ1n) is 11.1. The molecule has 0 bridgehead atoms. The van der Waals surface area contributed by atoms with Crippen molar-refractivity contribution in [1.29, 1.82) is 0 Å². The van der Waals surface area contributed by atoms with Gasteiger partial charge in [-0.15, -0.1) is 0 Å². The Bertz CT molecular complexity index is 1290. The molecule has 0 spiro atoms. The van der Waals surface area contributed by atoms with Gasteiger partial charge in [-0.25, -0.2) is 12.8 Å². The van der Waals surface area contributed by atoms with Crippen LogP contribution in [0.15, 0.2) is 71.6 Å². The summed E-state index contributed by atoms with van der Waals surface area (Å²) >= 11 is 0. The third-order valence-electron chi connectivity index (χ3n) is 7.12. The minimum Gasteiger partial charge on any atom is -0.394 e. The molecule has 0 radical (unpaired) electrons. The summed E-state index contributed by atoms with van der Waals surface area (Å²) in [5.41, 5.74) is 3.89. The van der Waals surface area contributed by atoms with Crippen LogP contribution in [0.2, 0.25) is 0 Å². The average Bonchev–Trinajstić information content (AvgIpc) is 3.26. The Kier molecular flexibility index (Phi) is 5.51. The summed E-state index contributed by atoms with van der Waals surface area (Å²) in [4.78, 5) is 2.30. The standard InChI is InChI=1S/C26H27FN2O3S/c1-17-7-10-19(11-8-17)33(31,32)29-14-13-21-25(16-30)28(2)24-12-9-18(15-22(24)26(21)29)20-5-3-4-6-23(20)27/h3-12,15,21,25-26,30H,13-14,16H2,1-2H3/t21-,25-,26-/m0/s1. The Hall–Kier alpha value is -2.74. The monoisotopic (exact) mass is 466 g/mol. The molecular weight excluding hydrogens is 439 g/mol. The molecule has 2 aliphatic rings. The maximum absolute atomic E-state index is 14.5. The average molecular weight is 467 g/mol. The second-order valence-electron chi connectivity index (χ2n) is 8.94. The Labute approximate surface area is 194 Å². The zero-order chi connectivity index (χ0) is 23.3. The zero-order valence-electron chi connectivity index (χ0n) is 18.6. The van der Waals surface area contributed by atoms with Crippen LogP contribution in [0.4, 0.5) is 10.1 Å². The van der Waals surface area contributed by atoms with E-state index in [0.717, 1.165) is 16.8 Å². The molecule has 0 unspecified atom stereocenters. The zero-order valence-corrected chi connectivity index (χ0v) is 19.5. The third kappa shape index (κ3) is 3.55. The highest BCUT2D eigenvalue weighted by Gasteiger charge is 2.50. The molecular formula is C26H27FN2O3S. The topological polar surface area (TPSA) is 60.9 Å². The van der Waals surface area contributed by atoms with E-state index in [9.17, 15) is 17.9 Å². The summed E-state index contributed by atoms with van der Waals surface area (Å²) in [5, 5.41) is 10.2. The fourth-order valence-corrected chi connectivity index (χ4v) is 7.06. The quantitative estimate of drug-likeness (QED) is 0.621. The molecule has 33 heavy (non-hydrogen) atoms. The number of hydrogen-bond acceptors (Lipinski definition) is 4. The van der Waals surface area contributed by atoms with Crippen molar-refractivity contribution in [3.63, 3.8) is 0 Å². The highest BCUT2D eigenvalue weighted by molar-refractivity contribution is 7.89. The highest BCUT2D eigenvalue weighted by Crippen LogP contribution is 2.51. The maximum atomic E-state index is 14.5. The van der Waals surface area contributed by atoms with Gasteiger partial charge in [0, 0.05) is 30.8 Å². The van der Waals surface area contributed by atoms with Crippen LogP contribution in [-0.4, -0.2) is 44.1 Å². The van der Waals surface area contributed by atoms with Crippen LogP contribution in [0.25, 0.3) is 11.1 Å². The first-order valence-corrected chi connectivity index (χ1v) is 12.6. The molecule has 1 N–H and O–H groups in total. The van der Waals surface area contributed by atoms with E-state index in [0.29, 0.717) is 24.1 Å². The first-order chi connectivity index (χ1) is 15.8. The Morgan fingerprint density at radius 3 is 2.48 bits per heavy atom. The number of aryl methyl sites for hydroxylation is 1. The Morgan fingerprint density at radius 2 is 1.79 bits per heavy atom. The number of hydrogen-bond donors (Lipinski definition) is 1. The molecule has 0 aromatic heterocycles. The van der Waals surface area contributed by atoms with Gasteiger partial charge in [0.15, 0.2) is 0 Å². The van der Waals surface area contributed by atoms with Crippen LogP contribution in [0.5, 0.6) is 0 Å². The van der Waals surface area contributed by atoms with Gasteiger partial charge in [-0.3, -0.25) is 0 Å². The smallest absolute Gasteiger partial charge is 0.243 e. The van der Waals surface area contributed by atoms with Crippen molar-refractivity contribution in [2.24, 2.45) is 5.92 Å². The molecule has 2 heterocycles. The second-order valence-corrected chi connectivity index (χ2v) is 10.8. The van der Waals surface area contributed by atoms with Crippen LogP contribution in [0.1, 0.15) is 23.6 Å². The number of halogens is 1. The van der Waals surface area contributed by atoms with E-state index in [2.05, 4.69) is 0 Å². The summed E-state index contributed by atoms with van der Waals surface area (Å²) in [6, 6.07) is 18.6. The summed E-state index contributed by atoms with van der Waals surface area (Å²) in [6.45, 7) is 2.23. The van der Waals surface area contributed by atoms with Crippen LogP contribution in [0, 0.1) is 18.7 Å². The van der Waals surface area contributed by atoms with E-state index in [1.54, 1.807) is 46.8 Å². The van der Waals surface area contributed by atoms with Crippen LogP contribution in [-0.2, 0) is 10.0 Å². The maximum Gasteiger partial charge on any atom is 0.243 e. The van der Waals surface area contributed by atoms with E-state index < -0.39 is 16.1 Å². The van der Waals surface area contributed by atoms with E-state index in [1.807, 2.05) is 37.1 Å². The summed E-state index contributed by atoms with van der Waals surface area (Å²) in [7, 11) is -1.82. The van der Waals surface area contributed by atoms with Crippen molar-refractivity contribution < 1.29 is 17.9 Å². The Morgan fingerprint density at radius 1 is 1.06 bits per heavy atom. The van der Waals surface area contributed by atoms with E-state index in [-0.39, 0.29) is 29.3 Å². The van der Waals surface area contributed by atoms with E-state index in [1.165, 1.54) is 6.07 Å². The lowest BCUT2D eigenvalue weighted by Crippen LogP contribution is -2.48. The number of aliphatic hydroxyl groups excluding tert-OH is 1. The molecule has 1 fully saturated rings. The van der Waals surface area contributed by atoms with Crippen molar-refractivity contribution in [1.82, 2.24) is 4.31 Å². The van der Waals surface area contributed by atoms with Crippen LogP contribution >= 0.6 is 0 Å². The summed E-state index contributed by atoms with van der Waals surface area (Å²) < 4.78 is 43.5. The lowest BCUT2D eigenvalue weighted by atomic mass is 9.81. The third-order valence-corrected chi connectivity index (χ3v) is 9.01. The lowest BCUT2D eigenvalue weighted by molar-refractivity contribution is 0.193. The van der Waals surface area contributed by atoms with Crippen LogP contribution < -0.4 is 4.90 Å². The van der Waals surface area contributed by atoms with Crippen molar-refractivity contribution >= 4 is 15.7 Å². The highest BCUT2D eigenvalue weighted by atomic mass is 32.2. The Balaban J connectivity index is 1.66. The molecule has 0 aliphatic carbocycles. The van der Waals surface area contributed by atoms with Gasteiger partial charge in [0.1, 0.15) is 5.82 Å². The van der Waals surface area contributed by atoms with Gasteiger partial charge in [-0.05, 0) is 54.8 Å². The van der Waals surface area contributed by atoms with Gasteiger partial charge in [-0.1, -0.05) is 42.0 Å². The fourth-order valence-electron chi connectivity index (χ4n) is 5.39. The van der Waals surface area contributed by atoms with E-state index >= 15 is 0 Å². The number of benzene rings is 3. The second kappa shape index (κ2) is 8.24. The molecule has 1 saturated heterocycles. The molecule has 3 atom stereocenters. The van der Waals surface area contributed by atoms with Crippen molar-refractivity contribution in [2.75, 3.05) is 25.1 Å². The SMILES string of the molecule is Cc1ccc(S(=O)(=O)N2CC[C@@H]3[C@H]2c2cc(-c4ccccc4F)ccc2N(C)[C@H]3CO)cc1. The molecule has 0 saturated carbocycles. The number of sulfonamides is 1. The molecule has 5 rings (SSSR count). The summed E-state index contributed by atoms with van der Waals surface area (Å²) in [5.74, 6) is -0.384. The molecule has 2 aliphatic heterocycles. The van der Waals surface area contributed by atoms with Crippen molar-refractivity contribution in [3.05, 3.63) is 83.7 Å². The number of nitrogens with zero attached hydrogens (tertiary/aromatic N) is 2. The normalized spacial score (nSPS) is 22.8. The van der Waals surface area contributed by atoms with Gasteiger partial charge >= 0.3 is 0 Å². The van der Waals surface area contributed by atoms with Crippen molar-refractivity contribution in [2.45, 2.75) is 30.3 Å². The molecule has 172 valence electrons.